The summed E-state index contributed by atoms with van der Waals surface area (Å²) in [5.74, 6) is 0.887. The summed E-state index contributed by atoms with van der Waals surface area (Å²) in [7, 11) is 0. The number of hydrogen-bond acceptors (Lipinski definition) is 2. The van der Waals surface area contributed by atoms with E-state index in [2.05, 4.69) is 51.9 Å². The number of nitrogens with one attached hydrogen (secondary N) is 2. The van der Waals surface area contributed by atoms with Crippen LogP contribution in [0.1, 0.15) is 18.9 Å². The number of para-hydroxylation sites is 1. The molecule has 1 heterocycles. The Hall–Kier alpha value is -2.40. The molecule has 1 fully saturated rings. The second kappa shape index (κ2) is 7.24. The Bertz CT molecular complexity index is 712. The van der Waals surface area contributed by atoms with Crippen LogP contribution in [0.5, 0.6) is 0 Å². The molecule has 5 heteroatoms. The predicted octanol–water partition coefficient (Wildman–Crippen LogP) is 3.76. The molecule has 4 nitrogen and oxygen atoms in total. The van der Waals surface area contributed by atoms with Crippen molar-refractivity contribution in [3.63, 3.8) is 0 Å². The molecule has 0 radical (unpaired) electrons. The zero-order valence-electron chi connectivity index (χ0n) is 13.1. The third-order valence-electron chi connectivity index (χ3n) is 3.73. The zero-order chi connectivity index (χ0) is 16.1. The molecule has 0 unspecified atom stereocenters. The normalized spacial score (nSPS) is 15.5. The lowest BCUT2D eigenvalue weighted by Gasteiger charge is -2.17. The van der Waals surface area contributed by atoms with Crippen LogP contribution >= 0.6 is 12.2 Å². The molecule has 118 valence electrons. The van der Waals surface area contributed by atoms with Crippen LogP contribution in [-0.4, -0.2) is 17.5 Å². The number of nitrogens with zero attached hydrogens (tertiary/aromatic N) is 2. The topological polar surface area (TPSA) is 39.7 Å². The van der Waals surface area contributed by atoms with E-state index in [9.17, 15) is 0 Å². The van der Waals surface area contributed by atoms with Gasteiger partial charge in [0.1, 0.15) is 5.84 Å². The number of rotatable bonds is 3. The van der Waals surface area contributed by atoms with Gasteiger partial charge in [0.2, 0.25) is 0 Å². The molecule has 0 spiro atoms. The fraction of sp³-hybridized carbons (Fsp3) is 0.222. The van der Waals surface area contributed by atoms with Crippen LogP contribution in [-0.2, 0) is 6.42 Å². The number of aliphatic imine (C=N–C) groups is 1. The van der Waals surface area contributed by atoms with Gasteiger partial charge in [0.15, 0.2) is 5.11 Å². The SMILES string of the molecule is CCc1cccc(NC(=S)/N=C2/CCN(c3ccccc3)N2)c1. The highest BCUT2D eigenvalue weighted by molar-refractivity contribution is 7.80. The first-order valence-electron chi connectivity index (χ1n) is 7.81. The molecule has 0 aliphatic carbocycles. The van der Waals surface area contributed by atoms with Gasteiger partial charge in [0.05, 0.1) is 5.69 Å². The molecule has 1 aliphatic rings. The number of thiocarbonyl (C=S) groups is 1. The van der Waals surface area contributed by atoms with Crippen LogP contribution < -0.4 is 15.8 Å². The summed E-state index contributed by atoms with van der Waals surface area (Å²) in [4.78, 5) is 4.49. The van der Waals surface area contributed by atoms with Crippen molar-refractivity contribution in [2.75, 3.05) is 16.9 Å². The largest absolute Gasteiger partial charge is 0.331 e. The quantitative estimate of drug-likeness (QED) is 0.843. The van der Waals surface area contributed by atoms with Gasteiger partial charge in [-0.05, 0) is 48.5 Å². The highest BCUT2D eigenvalue weighted by Crippen LogP contribution is 2.15. The maximum Gasteiger partial charge on any atom is 0.198 e. The second-order valence-corrected chi connectivity index (χ2v) is 5.78. The number of benzene rings is 2. The standard InChI is InChI=1S/C18H20N4S/c1-2-14-7-6-8-15(13-14)19-18(23)20-17-11-12-22(21-17)16-9-4-3-5-10-16/h3-10,13H,2,11-12H2,1H3,(H2,19,20,21,23). The molecule has 1 aliphatic heterocycles. The Balaban J connectivity index is 1.62. The summed E-state index contributed by atoms with van der Waals surface area (Å²) in [6, 6.07) is 18.5. The van der Waals surface area contributed by atoms with Gasteiger partial charge in [-0.25, -0.2) is 4.99 Å². The molecule has 0 aromatic heterocycles. The maximum absolute atomic E-state index is 5.35. The van der Waals surface area contributed by atoms with E-state index in [-0.39, 0.29) is 0 Å². The van der Waals surface area contributed by atoms with Crippen LogP contribution in [0.3, 0.4) is 0 Å². The smallest absolute Gasteiger partial charge is 0.198 e. The van der Waals surface area contributed by atoms with Crippen molar-refractivity contribution >= 4 is 34.5 Å². The van der Waals surface area contributed by atoms with Crippen molar-refractivity contribution in [3.05, 3.63) is 60.2 Å². The van der Waals surface area contributed by atoms with Gasteiger partial charge in [-0.3, -0.25) is 10.4 Å². The predicted molar refractivity (Wildman–Crippen MR) is 101 cm³/mol. The van der Waals surface area contributed by atoms with Gasteiger partial charge in [-0.2, -0.15) is 0 Å². The summed E-state index contributed by atoms with van der Waals surface area (Å²) in [5, 5.41) is 5.75. The van der Waals surface area contributed by atoms with E-state index in [0.717, 1.165) is 36.6 Å². The second-order valence-electron chi connectivity index (χ2n) is 5.39. The first-order chi connectivity index (χ1) is 11.2. The molecule has 0 saturated carbocycles. The third-order valence-corrected chi connectivity index (χ3v) is 3.92. The van der Waals surface area contributed by atoms with E-state index in [1.54, 1.807) is 0 Å². The Morgan fingerprint density at radius 3 is 2.83 bits per heavy atom. The minimum absolute atomic E-state index is 0.482. The van der Waals surface area contributed by atoms with Crippen molar-refractivity contribution in [2.45, 2.75) is 19.8 Å². The van der Waals surface area contributed by atoms with Crippen LogP contribution in [0.15, 0.2) is 59.6 Å². The summed E-state index contributed by atoms with van der Waals surface area (Å²) in [5.41, 5.74) is 6.69. The van der Waals surface area contributed by atoms with E-state index in [0.29, 0.717) is 5.11 Å². The lowest BCUT2D eigenvalue weighted by Crippen LogP contribution is -2.33. The van der Waals surface area contributed by atoms with Gasteiger partial charge in [0, 0.05) is 18.7 Å². The van der Waals surface area contributed by atoms with Gasteiger partial charge in [-0.1, -0.05) is 37.3 Å². The fourth-order valence-corrected chi connectivity index (χ4v) is 2.74. The first-order valence-corrected chi connectivity index (χ1v) is 8.22. The van der Waals surface area contributed by atoms with E-state index >= 15 is 0 Å². The van der Waals surface area contributed by atoms with E-state index in [1.807, 2.05) is 30.3 Å². The minimum Gasteiger partial charge on any atom is -0.331 e. The number of aryl methyl sites for hydroxylation is 1. The Morgan fingerprint density at radius 1 is 1.22 bits per heavy atom. The number of hydrazine groups is 1. The molecule has 2 aromatic carbocycles. The highest BCUT2D eigenvalue weighted by atomic mass is 32.1. The third kappa shape index (κ3) is 4.07. The lowest BCUT2D eigenvalue weighted by molar-refractivity contribution is 0.858. The molecule has 1 saturated heterocycles. The fourth-order valence-electron chi connectivity index (χ4n) is 2.51. The maximum atomic E-state index is 5.35. The number of amidine groups is 1. The summed E-state index contributed by atoms with van der Waals surface area (Å²) in [6.45, 7) is 3.02. The summed E-state index contributed by atoms with van der Waals surface area (Å²) >= 11 is 5.35. The summed E-state index contributed by atoms with van der Waals surface area (Å²) in [6.07, 6.45) is 1.86. The van der Waals surface area contributed by atoms with Crippen molar-refractivity contribution in [1.82, 2.24) is 5.43 Å². The van der Waals surface area contributed by atoms with Crippen molar-refractivity contribution in [1.29, 1.82) is 0 Å². The van der Waals surface area contributed by atoms with Gasteiger partial charge in [0.25, 0.3) is 0 Å². The Labute approximate surface area is 142 Å². The monoisotopic (exact) mass is 324 g/mol. The van der Waals surface area contributed by atoms with Crippen LogP contribution in [0.25, 0.3) is 0 Å². The molecular formula is C18H20N4S. The average molecular weight is 324 g/mol. The minimum atomic E-state index is 0.482. The molecule has 23 heavy (non-hydrogen) atoms. The van der Waals surface area contributed by atoms with Crippen molar-refractivity contribution < 1.29 is 0 Å². The highest BCUT2D eigenvalue weighted by Gasteiger charge is 2.17. The van der Waals surface area contributed by atoms with Gasteiger partial charge >= 0.3 is 0 Å². The van der Waals surface area contributed by atoms with Crippen LogP contribution in [0, 0.1) is 0 Å². The van der Waals surface area contributed by atoms with Gasteiger partial charge < -0.3 is 5.32 Å². The van der Waals surface area contributed by atoms with E-state index in [4.69, 9.17) is 12.2 Å². The molecule has 0 bridgehead atoms. The van der Waals surface area contributed by atoms with E-state index in [1.165, 1.54) is 5.56 Å². The molecule has 3 rings (SSSR count). The lowest BCUT2D eigenvalue weighted by atomic mass is 10.1. The number of anilines is 2. The Kier molecular flexibility index (Phi) is 4.88. The van der Waals surface area contributed by atoms with Crippen LogP contribution in [0.2, 0.25) is 0 Å². The zero-order valence-corrected chi connectivity index (χ0v) is 13.9. The number of hydrogen-bond donors (Lipinski definition) is 2. The molecular weight excluding hydrogens is 304 g/mol. The van der Waals surface area contributed by atoms with Crippen molar-refractivity contribution in [2.24, 2.45) is 4.99 Å². The molecule has 2 aromatic rings. The van der Waals surface area contributed by atoms with Crippen molar-refractivity contribution in [3.8, 4) is 0 Å². The van der Waals surface area contributed by atoms with Crippen LogP contribution in [0.4, 0.5) is 11.4 Å². The Morgan fingerprint density at radius 2 is 2.04 bits per heavy atom. The molecule has 2 N–H and O–H groups in total. The van der Waals surface area contributed by atoms with E-state index < -0.39 is 0 Å². The molecule has 0 atom stereocenters. The first kappa shape index (κ1) is 15.5. The average Bonchev–Trinajstić information content (AvgIpc) is 3.04. The van der Waals surface area contributed by atoms with Gasteiger partial charge in [-0.15, -0.1) is 0 Å². The molecule has 0 amide bonds. The summed E-state index contributed by atoms with van der Waals surface area (Å²) < 4.78 is 0.